The maximum atomic E-state index is 11.6. The first-order chi connectivity index (χ1) is 9.11. The van der Waals surface area contributed by atoms with Crippen LogP contribution in [0.15, 0.2) is 52.3 Å². The lowest BCUT2D eigenvalue weighted by Crippen LogP contribution is -2.17. The molecule has 98 valence electrons. The highest BCUT2D eigenvalue weighted by Gasteiger charge is 2.09. The molecule has 0 saturated carbocycles. The molecule has 2 aromatic rings. The summed E-state index contributed by atoms with van der Waals surface area (Å²) in [4.78, 5) is 13.3. The van der Waals surface area contributed by atoms with E-state index in [1.807, 2.05) is 24.3 Å². The zero-order chi connectivity index (χ0) is 13.8. The third-order valence-electron chi connectivity index (χ3n) is 2.56. The highest BCUT2D eigenvalue weighted by atomic mass is 35.5. The van der Waals surface area contributed by atoms with Crippen molar-refractivity contribution in [3.8, 4) is 0 Å². The van der Waals surface area contributed by atoms with E-state index in [-0.39, 0.29) is 5.91 Å². The summed E-state index contributed by atoms with van der Waals surface area (Å²) in [7, 11) is 1.60. The Morgan fingerprint density at radius 1 is 1.21 bits per heavy atom. The number of nitrogens with two attached hydrogens (primary N) is 1. The molecule has 0 aliphatic carbocycles. The van der Waals surface area contributed by atoms with E-state index in [2.05, 4.69) is 5.32 Å². The van der Waals surface area contributed by atoms with E-state index in [1.54, 1.807) is 25.2 Å². The molecule has 0 bridgehead atoms. The van der Waals surface area contributed by atoms with Crippen molar-refractivity contribution in [2.24, 2.45) is 0 Å². The number of hydrogen-bond donors (Lipinski definition) is 2. The third kappa shape index (κ3) is 3.22. The zero-order valence-corrected chi connectivity index (χ0v) is 11.9. The van der Waals surface area contributed by atoms with Gasteiger partial charge in [0.15, 0.2) is 0 Å². The van der Waals surface area contributed by atoms with Crippen molar-refractivity contribution in [1.29, 1.82) is 0 Å². The van der Waals surface area contributed by atoms with Crippen LogP contribution in [0.25, 0.3) is 0 Å². The molecule has 0 radical (unpaired) electrons. The lowest BCUT2D eigenvalue weighted by molar-refractivity contribution is 0.0963. The van der Waals surface area contributed by atoms with Gasteiger partial charge in [-0.2, -0.15) is 0 Å². The summed E-state index contributed by atoms with van der Waals surface area (Å²) in [5.74, 6) is -0.138. The second kappa shape index (κ2) is 5.99. The minimum absolute atomic E-state index is 0.138. The minimum atomic E-state index is -0.138. The summed E-state index contributed by atoms with van der Waals surface area (Å²) in [5.41, 5.74) is 7.13. The molecule has 0 aromatic heterocycles. The topological polar surface area (TPSA) is 55.1 Å². The van der Waals surface area contributed by atoms with Crippen LogP contribution in [0.1, 0.15) is 10.4 Å². The van der Waals surface area contributed by atoms with Gasteiger partial charge in [0.05, 0.1) is 5.02 Å². The van der Waals surface area contributed by atoms with Gasteiger partial charge in [-0.05, 0) is 30.3 Å². The number of carbonyl (C=O) groups is 1. The molecule has 19 heavy (non-hydrogen) atoms. The van der Waals surface area contributed by atoms with E-state index in [0.29, 0.717) is 16.3 Å². The molecule has 2 rings (SSSR count). The Kier molecular flexibility index (Phi) is 4.35. The maximum Gasteiger partial charge on any atom is 0.251 e. The Morgan fingerprint density at radius 3 is 2.63 bits per heavy atom. The molecular weight excluding hydrogens is 280 g/mol. The molecule has 3 nitrogen and oxygen atoms in total. The summed E-state index contributed by atoms with van der Waals surface area (Å²) in [6, 6.07) is 12.7. The Balaban J connectivity index is 2.34. The number of benzene rings is 2. The van der Waals surface area contributed by atoms with Crippen molar-refractivity contribution in [2.45, 2.75) is 9.79 Å². The van der Waals surface area contributed by atoms with Crippen molar-refractivity contribution in [1.82, 2.24) is 5.32 Å². The number of rotatable bonds is 3. The largest absolute Gasteiger partial charge is 0.398 e. The molecule has 0 fully saturated rings. The normalized spacial score (nSPS) is 10.2. The highest BCUT2D eigenvalue weighted by Crippen LogP contribution is 2.36. The van der Waals surface area contributed by atoms with Gasteiger partial charge in [0.2, 0.25) is 0 Å². The Bertz CT molecular complexity index is 616. The van der Waals surface area contributed by atoms with E-state index in [1.165, 1.54) is 11.8 Å². The van der Waals surface area contributed by atoms with E-state index in [4.69, 9.17) is 17.3 Å². The lowest BCUT2D eigenvalue weighted by atomic mass is 10.2. The fourth-order valence-corrected chi connectivity index (χ4v) is 2.73. The predicted molar refractivity (Wildman–Crippen MR) is 79.8 cm³/mol. The van der Waals surface area contributed by atoms with Crippen LogP contribution < -0.4 is 11.1 Å². The van der Waals surface area contributed by atoms with Crippen LogP contribution in [-0.4, -0.2) is 13.0 Å². The number of carbonyl (C=O) groups excluding carboxylic acids is 1. The monoisotopic (exact) mass is 292 g/mol. The maximum absolute atomic E-state index is 11.6. The number of hydrogen-bond acceptors (Lipinski definition) is 3. The number of nitrogen functional groups attached to an aromatic ring is 1. The zero-order valence-electron chi connectivity index (χ0n) is 10.3. The Labute approximate surface area is 121 Å². The quantitative estimate of drug-likeness (QED) is 0.852. The molecular formula is C14H13ClN2OS. The van der Waals surface area contributed by atoms with E-state index in [9.17, 15) is 4.79 Å². The van der Waals surface area contributed by atoms with Gasteiger partial charge in [0.1, 0.15) is 0 Å². The average molecular weight is 293 g/mol. The number of amides is 1. The molecule has 0 spiro atoms. The lowest BCUT2D eigenvalue weighted by Gasteiger charge is -2.09. The summed E-state index contributed by atoms with van der Waals surface area (Å²) in [6.45, 7) is 0. The SMILES string of the molecule is CNC(=O)c1ccc(N)c(Sc2ccccc2Cl)c1. The van der Waals surface area contributed by atoms with Crippen molar-refractivity contribution >= 4 is 35.0 Å². The molecule has 0 heterocycles. The number of nitrogens with one attached hydrogen (secondary N) is 1. The summed E-state index contributed by atoms with van der Waals surface area (Å²) in [6.07, 6.45) is 0. The van der Waals surface area contributed by atoms with Gasteiger partial charge in [-0.3, -0.25) is 4.79 Å². The van der Waals surface area contributed by atoms with Gasteiger partial charge in [-0.1, -0.05) is 35.5 Å². The fraction of sp³-hybridized carbons (Fsp3) is 0.0714. The number of halogens is 1. The second-order valence-electron chi connectivity index (χ2n) is 3.86. The first-order valence-corrected chi connectivity index (χ1v) is 6.85. The van der Waals surface area contributed by atoms with Crippen LogP contribution in [-0.2, 0) is 0 Å². The van der Waals surface area contributed by atoms with Crippen LogP contribution in [0, 0.1) is 0 Å². The molecule has 0 unspecified atom stereocenters. The summed E-state index contributed by atoms with van der Waals surface area (Å²) in [5, 5.41) is 3.25. The van der Waals surface area contributed by atoms with E-state index >= 15 is 0 Å². The third-order valence-corrected chi connectivity index (χ3v) is 4.15. The van der Waals surface area contributed by atoms with Crippen molar-refractivity contribution < 1.29 is 4.79 Å². The van der Waals surface area contributed by atoms with Crippen LogP contribution in [0.4, 0.5) is 5.69 Å². The average Bonchev–Trinajstić information content (AvgIpc) is 2.42. The van der Waals surface area contributed by atoms with E-state index in [0.717, 1.165) is 9.79 Å². The molecule has 5 heteroatoms. The van der Waals surface area contributed by atoms with Gasteiger partial charge in [0.25, 0.3) is 5.91 Å². The van der Waals surface area contributed by atoms with Crippen molar-refractivity contribution in [3.63, 3.8) is 0 Å². The fourth-order valence-electron chi connectivity index (χ4n) is 1.55. The van der Waals surface area contributed by atoms with Crippen LogP contribution in [0.3, 0.4) is 0 Å². The predicted octanol–water partition coefficient (Wildman–Crippen LogP) is 3.43. The van der Waals surface area contributed by atoms with Crippen LogP contribution >= 0.6 is 23.4 Å². The van der Waals surface area contributed by atoms with Gasteiger partial charge < -0.3 is 11.1 Å². The van der Waals surface area contributed by atoms with Crippen molar-refractivity contribution in [2.75, 3.05) is 12.8 Å². The number of anilines is 1. The minimum Gasteiger partial charge on any atom is -0.398 e. The first kappa shape index (κ1) is 13.8. The Morgan fingerprint density at radius 2 is 1.95 bits per heavy atom. The second-order valence-corrected chi connectivity index (χ2v) is 5.36. The first-order valence-electron chi connectivity index (χ1n) is 5.66. The van der Waals surface area contributed by atoms with E-state index < -0.39 is 0 Å². The summed E-state index contributed by atoms with van der Waals surface area (Å²) < 4.78 is 0. The molecule has 1 amide bonds. The molecule has 0 saturated heterocycles. The van der Waals surface area contributed by atoms with Crippen LogP contribution in [0.5, 0.6) is 0 Å². The van der Waals surface area contributed by atoms with Crippen molar-refractivity contribution in [3.05, 3.63) is 53.1 Å². The Hall–Kier alpha value is -1.65. The standard InChI is InChI=1S/C14H13ClN2OS/c1-17-14(18)9-6-7-11(16)13(8-9)19-12-5-3-2-4-10(12)15/h2-8H,16H2,1H3,(H,17,18). The van der Waals surface area contributed by atoms with Gasteiger partial charge in [-0.25, -0.2) is 0 Å². The molecule has 3 N–H and O–H groups in total. The van der Waals surface area contributed by atoms with Gasteiger partial charge >= 0.3 is 0 Å². The smallest absolute Gasteiger partial charge is 0.251 e. The molecule has 2 aromatic carbocycles. The molecule has 0 aliphatic rings. The highest BCUT2D eigenvalue weighted by molar-refractivity contribution is 7.99. The van der Waals surface area contributed by atoms with Crippen LogP contribution in [0.2, 0.25) is 5.02 Å². The molecule has 0 atom stereocenters. The molecule has 0 aliphatic heterocycles. The summed E-state index contributed by atoms with van der Waals surface area (Å²) >= 11 is 7.56. The van der Waals surface area contributed by atoms with Gasteiger partial charge in [0, 0.05) is 28.1 Å². The van der Waals surface area contributed by atoms with Gasteiger partial charge in [-0.15, -0.1) is 0 Å².